The maximum Gasteiger partial charge on any atom is 0.137 e. The first-order chi connectivity index (χ1) is 11.6. The van der Waals surface area contributed by atoms with Crippen molar-refractivity contribution in [2.75, 3.05) is 6.61 Å². The number of hydrogen-bond donors (Lipinski definition) is 0. The number of carbonyl (C=O) groups excluding carboxylic acids is 1. The Bertz CT molecular complexity index is 688. The highest BCUT2D eigenvalue weighted by Gasteiger charge is 2.76. The van der Waals surface area contributed by atoms with E-state index in [1.165, 1.54) is 32.1 Å². The molecule has 3 fully saturated rings. The van der Waals surface area contributed by atoms with Gasteiger partial charge in [-0.2, -0.15) is 0 Å². The second kappa shape index (κ2) is 4.44. The third-order valence-corrected chi connectivity index (χ3v) is 8.98. The Hall–Kier alpha value is -0.890. The van der Waals surface area contributed by atoms with Gasteiger partial charge in [0.1, 0.15) is 5.78 Å². The predicted octanol–water partition coefficient (Wildman–Crippen LogP) is 4.45. The Labute approximate surface area is 144 Å². The number of fused-ring (bicyclic) bond motifs is 8. The summed E-state index contributed by atoms with van der Waals surface area (Å²) >= 11 is 0. The van der Waals surface area contributed by atoms with Crippen LogP contribution in [0.1, 0.15) is 58.3 Å². The summed E-state index contributed by atoms with van der Waals surface area (Å²) in [7, 11) is 0. The maximum absolute atomic E-state index is 11.9. The smallest absolute Gasteiger partial charge is 0.137 e. The van der Waals surface area contributed by atoms with E-state index in [2.05, 4.69) is 19.1 Å². The minimum Gasteiger partial charge on any atom is -0.366 e. The van der Waals surface area contributed by atoms with Crippen molar-refractivity contribution < 1.29 is 9.53 Å². The van der Waals surface area contributed by atoms with Crippen LogP contribution in [0.3, 0.4) is 0 Å². The lowest BCUT2D eigenvalue weighted by Gasteiger charge is -2.55. The largest absolute Gasteiger partial charge is 0.366 e. The summed E-state index contributed by atoms with van der Waals surface area (Å²) in [4.78, 5) is 11.9. The van der Waals surface area contributed by atoms with E-state index in [0.717, 1.165) is 55.5 Å². The van der Waals surface area contributed by atoms with Crippen molar-refractivity contribution in [1.29, 1.82) is 0 Å². The van der Waals surface area contributed by atoms with E-state index in [4.69, 9.17) is 4.74 Å². The summed E-state index contributed by atoms with van der Waals surface area (Å²) in [5, 5.41) is 0. The van der Waals surface area contributed by atoms with Crippen LogP contribution >= 0.6 is 0 Å². The van der Waals surface area contributed by atoms with Crippen LogP contribution in [-0.2, 0) is 9.53 Å². The predicted molar refractivity (Wildman–Crippen MR) is 92.3 cm³/mol. The fourth-order valence-corrected chi connectivity index (χ4v) is 8.12. The lowest BCUT2D eigenvalue weighted by molar-refractivity contribution is -0.123. The molecule has 1 spiro atoms. The second-order valence-electron chi connectivity index (χ2n) is 9.65. The van der Waals surface area contributed by atoms with Crippen LogP contribution in [0.5, 0.6) is 0 Å². The molecule has 0 radical (unpaired) electrons. The molecule has 5 aliphatic carbocycles. The molecule has 7 atom stereocenters. The zero-order valence-electron chi connectivity index (χ0n) is 14.7. The standard InChI is InChI=1S/C22H28O2/c1-21-9-7-16-15-6-4-14(23)11-13(15)3-5-17(16)20(21)18-12-19(18)22(21)8-2-10-24-22/h2,8,16-20H,3-7,9-12H2,1H3/t16-,17-,18+,19-,20-,21+,22+/m1/s1. The van der Waals surface area contributed by atoms with Gasteiger partial charge in [-0.15, -0.1) is 0 Å². The van der Waals surface area contributed by atoms with E-state index < -0.39 is 0 Å². The molecule has 6 aliphatic rings. The summed E-state index contributed by atoms with van der Waals surface area (Å²) in [6, 6.07) is 0. The van der Waals surface area contributed by atoms with Gasteiger partial charge in [0, 0.05) is 18.3 Å². The van der Waals surface area contributed by atoms with Crippen LogP contribution in [0, 0.1) is 35.0 Å². The fraction of sp³-hybridized carbons (Fsp3) is 0.773. The first-order valence-corrected chi connectivity index (χ1v) is 10.2. The number of rotatable bonds is 0. The minimum atomic E-state index is 0.0739. The Balaban J connectivity index is 1.40. The molecular weight excluding hydrogens is 296 g/mol. The van der Waals surface area contributed by atoms with Crippen LogP contribution in [-0.4, -0.2) is 18.0 Å². The van der Waals surface area contributed by atoms with Crippen molar-refractivity contribution >= 4 is 5.78 Å². The average Bonchev–Trinajstić information content (AvgIpc) is 3.13. The summed E-state index contributed by atoms with van der Waals surface area (Å²) in [5.74, 6) is 4.71. The highest BCUT2D eigenvalue weighted by molar-refractivity contribution is 5.82. The van der Waals surface area contributed by atoms with Crippen LogP contribution < -0.4 is 0 Å². The Kier molecular flexibility index (Phi) is 2.64. The molecule has 0 saturated heterocycles. The first kappa shape index (κ1) is 14.3. The first-order valence-electron chi connectivity index (χ1n) is 10.2. The van der Waals surface area contributed by atoms with Crippen LogP contribution in [0.4, 0.5) is 0 Å². The van der Waals surface area contributed by atoms with E-state index in [1.807, 2.05) is 0 Å². The molecule has 2 nitrogen and oxygen atoms in total. The molecule has 0 aromatic heterocycles. The summed E-state index contributed by atoms with van der Waals surface area (Å²) in [5.41, 5.74) is 3.71. The molecular formula is C22H28O2. The second-order valence-corrected chi connectivity index (χ2v) is 9.65. The number of hydrogen-bond acceptors (Lipinski definition) is 2. The van der Waals surface area contributed by atoms with Gasteiger partial charge in [-0.25, -0.2) is 0 Å². The van der Waals surface area contributed by atoms with E-state index in [9.17, 15) is 4.79 Å². The zero-order valence-corrected chi connectivity index (χ0v) is 14.7. The van der Waals surface area contributed by atoms with Gasteiger partial charge in [0.2, 0.25) is 0 Å². The van der Waals surface area contributed by atoms with Crippen molar-refractivity contribution in [2.24, 2.45) is 35.0 Å². The highest BCUT2D eigenvalue weighted by Crippen LogP contribution is 2.77. The third-order valence-electron chi connectivity index (χ3n) is 8.98. The molecule has 3 saturated carbocycles. The van der Waals surface area contributed by atoms with Crippen LogP contribution in [0.2, 0.25) is 0 Å². The van der Waals surface area contributed by atoms with E-state index in [1.54, 1.807) is 11.1 Å². The number of carbonyl (C=O) groups is 1. The van der Waals surface area contributed by atoms with E-state index in [-0.39, 0.29) is 5.60 Å². The summed E-state index contributed by atoms with van der Waals surface area (Å²) in [6.07, 6.45) is 14.0. The average molecular weight is 324 g/mol. The van der Waals surface area contributed by atoms with Gasteiger partial charge >= 0.3 is 0 Å². The van der Waals surface area contributed by atoms with Crippen molar-refractivity contribution in [3.63, 3.8) is 0 Å². The SMILES string of the molecule is C[C@]12CC[C@@H]3C4=C(CC[C@H]3[C@@H]1[C@H]1C[C@H]1[C@@]21C=CCO1)CC(=O)CC4. The molecule has 0 unspecified atom stereocenters. The summed E-state index contributed by atoms with van der Waals surface area (Å²) < 4.78 is 6.46. The van der Waals surface area contributed by atoms with Gasteiger partial charge in [0.15, 0.2) is 0 Å². The minimum absolute atomic E-state index is 0.0739. The zero-order chi connectivity index (χ0) is 16.1. The van der Waals surface area contributed by atoms with Crippen molar-refractivity contribution in [3.05, 3.63) is 23.3 Å². The molecule has 0 bridgehead atoms. The van der Waals surface area contributed by atoms with Crippen molar-refractivity contribution in [2.45, 2.75) is 63.9 Å². The van der Waals surface area contributed by atoms with Crippen LogP contribution in [0.15, 0.2) is 23.3 Å². The number of ketones is 1. The number of Topliss-reactive ketones (excluding diaryl/α,β-unsaturated/α-hetero) is 1. The molecule has 24 heavy (non-hydrogen) atoms. The third kappa shape index (κ3) is 1.51. The maximum atomic E-state index is 11.9. The Morgan fingerprint density at radius 1 is 1.17 bits per heavy atom. The molecule has 0 aromatic rings. The Morgan fingerprint density at radius 2 is 2.08 bits per heavy atom. The molecule has 0 N–H and O–H groups in total. The molecule has 0 aromatic carbocycles. The quantitative estimate of drug-likeness (QED) is 0.615. The topological polar surface area (TPSA) is 26.3 Å². The molecule has 6 rings (SSSR count). The molecule has 1 heterocycles. The van der Waals surface area contributed by atoms with Crippen molar-refractivity contribution in [1.82, 2.24) is 0 Å². The van der Waals surface area contributed by atoms with Gasteiger partial charge in [0.25, 0.3) is 0 Å². The van der Waals surface area contributed by atoms with Gasteiger partial charge < -0.3 is 4.74 Å². The lowest BCUT2D eigenvalue weighted by atomic mass is 9.50. The normalized spacial score (nSPS) is 54.5. The van der Waals surface area contributed by atoms with E-state index in [0.29, 0.717) is 11.2 Å². The lowest BCUT2D eigenvalue weighted by Crippen LogP contribution is -2.53. The number of ether oxygens (including phenoxy) is 1. The molecule has 128 valence electrons. The monoisotopic (exact) mass is 324 g/mol. The fourth-order valence-electron chi connectivity index (χ4n) is 8.12. The van der Waals surface area contributed by atoms with Crippen LogP contribution in [0.25, 0.3) is 0 Å². The van der Waals surface area contributed by atoms with Gasteiger partial charge in [0.05, 0.1) is 12.2 Å². The highest BCUT2D eigenvalue weighted by atomic mass is 16.5. The molecule has 0 amide bonds. The number of allylic oxidation sites excluding steroid dienone is 2. The summed E-state index contributed by atoms with van der Waals surface area (Å²) in [6.45, 7) is 3.39. The van der Waals surface area contributed by atoms with Gasteiger partial charge in [-0.3, -0.25) is 4.79 Å². The van der Waals surface area contributed by atoms with E-state index >= 15 is 0 Å². The van der Waals surface area contributed by atoms with Gasteiger partial charge in [-0.1, -0.05) is 30.2 Å². The molecule has 1 aliphatic heterocycles. The Morgan fingerprint density at radius 3 is 2.92 bits per heavy atom. The molecule has 2 heteroatoms. The van der Waals surface area contributed by atoms with Gasteiger partial charge in [-0.05, 0) is 68.1 Å². The van der Waals surface area contributed by atoms with Crippen molar-refractivity contribution in [3.8, 4) is 0 Å².